The van der Waals surface area contributed by atoms with Gasteiger partial charge >= 0.3 is 0 Å². The average molecular weight is 201 g/mol. The van der Waals surface area contributed by atoms with Crippen LogP contribution in [0.3, 0.4) is 0 Å². The highest BCUT2D eigenvalue weighted by atomic mass is 79.9. The minimum absolute atomic E-state index is 0.0387. The molecular formula is C6H2BrFN2. The van der Waals surface area contributed by atoms with Crippen LogP contribution in [-0.2, 0) is 0 Å². The normalized spacial score (nSPS) is 8.90. The van der Waals surface area contributed by atoms with Gasteiger partial charge in [0.05, 0.1) is 0 Å². The third-order valence-corrected chi connectivity index (χ3v) is 1.38. The number of nitrogens with zero attached hydrogens (tertiary/aromatic N) is 2. The number of hydrogen-bond acceptors (Lipinski definition) is 2. The van der Waals surface area contributed by atoms with Crippen molar-refractivity contribution in [3.8, 4) is 6.07 Å². The van der Waals surface area contributed by atoms with Crippen molar-refractivity contribution in [3.05, 3.63) is 28.2 Å². The van der Waals surface area contributed by atoms with Crippen LogP contribution >= 0.6 is 15.9 Å². The summed E-state index contributed by atoms with van der Waals surface area (Å²) in [5, 5.41) is 8.26. The largest absolute Gasteiger partial charge is 0.231 e. The zero-order valence-corrected chi connectivity index (χ0v) is 6.39. The molecule has 0 aliphatic carbocycles. The summed E-state index contributed by atoms with van der Waals surface area (Å²) in [6.45, 7) is 0. The molecule has 0 unspecified atom stereocenters. The van der Waals surface area contributed by atoms with Crippen LogP contribution in [0.15, 0.2) is 16.7 Å². The smallest absolute Gasteiger partial charge is 0.212 e. The van der Waals surface area contributed by atoms with E-state index >= 15 is 0 Å². The minimum Gasteiger partial charge on any atom is -0.212 e. The summed E-state index contributed by atoms with van der Waals surface area (Å²) in [6.07, 6.45) is 0. The number of nitriles is 1. The molecule has 0 saturated carbocycles. The summed E-state index contributed by atoms with van der Waals surface area (Å²) in [6, 6.07) is 4.55. The first-order valence-electron chi connectivity index (χ1n) is 2.46. The molecular weight excluding hydrogens is 199 g/mol. The van der Waals surface area contributed by atoms with Crippen LogP contribution in [0.4, 0.5) is 4.39 Å². The molecule has 0 radical (unpaired) electrons. The van der Waals surface area contributed by atoms with E-state index in [1.165, 1.54) is 12.1 Å². The maximum atomic E-state index is 12.5. The Morgan fingerprint density at radius 1 is 1.60 bits per heavy atom. The molecule has 0 spiro atoms. The highest BCUT2D eigenvalue weighted by molar-refractivity contribution is 9.10. The monoisotopic (exact) mass is 200 g/mol. The van der Waals surface area contributed by atoms with Crippen LogP contribution in [0.5, 0.6) is 0 Å². The van der Waals surface area contributed by atoms with E-state index < -0.39 is 5.95 Å². The average Bonchev–Trinajstić information content (AvgIpc) is 1.88. The number of aromatic nitrogens is 1. The van der Waals surface area contributed by atoms with E-state index in [1.807, 2.05) is 0 Å². The second-order valence-electron chi connectivity index (χ2n) is 1.58. The molecule has 0 fully saturated rings. The standard InChI is InChI=1S/C6H2BrFN2/c7-5-2-1-4(3-9)6(8)10-5/h1-2H. The van der Waals surface area contributed by atoms with Gasteiger partial charge in [0.2, 0.25) is 5.95 Å². The van der Waals surface area contributed by atoms with Crippen molar-refractivity contribution < 1.29 is 4.39 Å². The quantitative estimate of drug-likeness (QED) is 0.600. The predicted octanol–water partition coefficient (Wildman–Crippen LogP) is 1.85. The number of pyridine rings is 1. The third kappa shape index (κ3) is 1.31. The van der Waals surface area contributed by atoms with Crippen LogP contribution in [0, 0.1) is 17.3 Å². The van der Waals surface area contributed by atoms with Crippen molar-refractivity contribution in [1.29, 1.82) is 5.26 Å². The Hall–Kier alpha value is -0.950. The topological polar surface area (TPSA) is 36.7 Å². The van der Waals surface area contributed by atoms with E-state index in [-0.39, 0.29) is 5.56 Å². The Balaban J connectivity index is 3.23. The molecule has 10 heavy (non-hydrogen) atoms. The molecule has 1 rings (SSSR count). The van der Waals surface area contributed by atoms with Crippen LogP contribution < -0.4 is 0 Å². The summed E-state index contributed by atoms with van der Waals surface area (Å²) in [5.74, 6) is -0.739. The summed E-state index contributed by atoms with van der Waals surface area (Å²) in [4.78, 5) is 3.37. The fraction of sp³-hybridized carbons (Fsp3) is 0. The van der Waals surface area contributed by atoms with Gasteiger partial charge in [0.1, 0.15) is 16.2 Å². The van der Waals surface area contributed by atoms with E-state index in [9.17, 15) is 4.39 Å². The number of halogens is 2. The summed E-state index contributed by atoms with van der Waals surface area (Å²) >= 11 is 2.96. The van der Waals surface area contributed by atoms with Gasteiger partial charge < -0.3 is 0 Å². The van der Waals surface area contributed by atoms with Crippen LogP contribution in [0.1, 0.15) is 5.56 Å². The van der Waals surface area contributed by atoms with E-state index in [0.29, 0.717) is 4.60 Å². The lowest BCUT2D eigenvalue weighted by atomic mass is 10.3. The SMILES string of the molecule is N#Cc1ccc(Br)nc1F. The molecule has 0 saturated heterocycles. The van der Waals surface area contributed by atoms with Gasteiger partial charge in [-0.3, -0.25) is 0 Å². The zero-order valence-electron chi connectivity index (χ0n) is 4.81. The van der Waals surface area contributed by atoms with Crippen LogP contribution in [0.2, 0.25) is 0 Å². The van der Waals surface area contributed by atoms with Gasteiger partial charge in [0.15, 0.2) is 0 Å². The van der Waals surface area contributed by atoms with Crippen LogP contribution in [-0.4, -0.2) is 4.98 Å². The van der Waals surface area contributed by atoms with E-state index in [2.05, 4.69) is 20.9 Å². The fourth-order valence-corrected chi connectivity index (χ4v) is 0.783. The lowest BCUT2D eigenvalue weighted by molar-refractivity contribution is 0.577. The maximum absolute atomic E-state index is 12.5. The Morgan fingerprint density at radius 3 is 2.80 bits per heavy atom. The van der Waals surface area contributed by atoms with Gasteiger partial charge in [-0.2, -0.15) is 9.65 Å². The summed E-state index contributed by atoms with van der Waals surface area (Å²) < 4.78 is 12.9. The van der Waals surface area contributed by atoms with Crippen LogP contribution in [0.25, 0.3) is 0 Å². The van der Waals surface area contributed by atoms with Gasteiger partial charge in [-0.15, -0.1) is 0 Å². The first-order chi connectivity index (χ1) is 4.74. The molecule has 1 aromatic heterocycles. The fourth-order valence-electron chi connectivity index (χ4n) is 0.496. The number of hydrogen-bond donors (Lipinski definition) is 0. The van der Waals surface area contributed by atoms with E-state index in [4.69, 9.17) is 5.26 Å². The Morgan fingerprint density at radius 2 is 2.30 bits per heavy atom. The van der Waals surface area contributed by atoms with Gasteiger partial charge in [-0.1, -0.05) is 0 Å². The number of rotatable bonds is 0. The Labute approximate surface area is 65.4 Å². The van der Waals surface area contributed by atoms with Crippen molar-refractivity contribution >= 4 is 15.9 Å². The minimum atomic E-state index is -0.739. The summed E-state index contributed by atoms with van der Waals surface area (Å²) in [7, 11) is 0. The first kappa shape index (κ1) is 7.16. The third-order valence-electron chi connectivity index (χ3n) is 0.935. The zero-order chi connectivity index (χ0) is 7.56. The molecule has 2 nitrogen and oxygen atoms in total. The van der Waals surface area contributed by atoms with Crippen molar-refractivity contribution in [2.24, 2.45) is 0 Å². The molecule has 4 heteroatoms. The molecule has 1 aromatic rings. The molecule has 1 heterocycles. The van der Waals surface area contributed by atoms with Crippen molar-refractivity contribution in [2.75, 3.05) is 0 Å². The lowest BCUT2D eigenvalue weighted by Crippen LogP contribution is -1.87. The molecule has 50 valence electrons. The van der Waals surface area contributed by atoms with Crippen molar-refractivity contribution in [1.82, 2.24) is 4.98 Å². The van der Waals surface area contributed by atoms with Crippen molar-refractivity contribution in [2.45, 2.75) is 0 Å². The highest BCUT2D eigenvalue weighted by Gasteiger charge is 2.00. The molecule has 0 atom stereocenters. The van der Waals surface area contributed by atoms with E-state index in [1.54, 1.807) is 6.07 Å². The highest BCUT2D eigenvalue weighted by Crippen LogP contribution is 2.09. The molecule has 0 bridgehead atoms. The van der Waals surface area contributed by atoms with E-state index in [0.717, 1.165) is 0 Å². The molecule has 0 aromatic carbocycles. The van der Waals surface area contributed by atoms with Crippen molar-refractivity contribution in [3.63, 3.8) is 0 Å². The predicted molar refractivity (Wildman–Crippen MR) is 36.6 cm³/mol. The van der Waals surface area contributed by atoms with Gasteiger partial charge in [-0.05, 0) is 28.1 Å². The van der Waals surface area contributed by atoms with Gasteiger partial charge in [0, 0.05) is 0 Å². The second kappa shape index (κ2) is 2.76. The summed E-state index contributed by atoms with van der Waals surface area (Å²) in [5.41, 5.74) is -0.0387. The molecule has 0 amide bonds. The maximum Gasteiger partial charge on any atom is 0.231 e. The lowest BCUT2D eigenvalue weighted by Gasteiger charge is -1.90. The van der Waals surface area contributed by atoms with Gasteiger partial charge in [0.25, 0.3) is 0 Å². The Kier molecular flexibility index (Phi) is 1.97. The van der Waals surface area contributed by atoms with Gasteiger partial charge in [-0.25, -0.2) is 4.98 Å². The molecule has 0 aliphatic heterocycles. The molecule has 0 aliphatic rings. The first-order valence-corrected chi connectivity index (χ1v) is 3.25. The Bertz CT molecular complexity index is 292. The second-order valence-corrected chi connectivity index (χ2v) is 2.40. The molecule has 0 N–H and O–H groups in total.